The molecule has 0 spiro atoms. The molecule has 1 aliphatic rings. The molecule has 1 saturated heterocycles. The van der Waals surface area contributed by atoms with E-state index in [1.54, 1.807) is 28.4 Å². The van der Waals surface area contributed by atoms with Crippen LogP contribution >= 0.6 is 54.8 Å². The van der Waals surface area contributed by atoms with Crippen molar-refractivity contribution in [2.24, 2.45) is 0 Å². The fraction of sp³-hybridized carbons (Fsp3) is 0.250. The minimum atomic E-state index is -1.82. The molecule has 4 nitrogen and oxygen atoms in total. The van der Waals surface area contributed by atoms with Crippen molar-refractivity contribution in [1.29, 1.82) is 0 Å². The van der Waals surface area contributed by atoms with Crippen LogP contribution in [0.3, 0.4) is 0 Å². The summed E-state index contributed by atoms with van der Waals surface area (Å²) in [5, 5.41) is 3.24. The second-order valence-corrected chi connectivity index (χ2v) is 43.4. The van der Waals surface area contributed by atoms with Gasteiger partial charge in [0.05, 0.1) is 10.7 Å². The normalized spacial score (nSPS) is 21.8. The molecule has 1 aliphatic heterocycles. The third-order valence-corrected chi connectivity index (χ3v) is 50.4. The van der Waals surface area contributed by atoms with Crippen molar-refractivity contribution in [3.8, 4) is 23.0 Å². The van der Waals surface area contributed by atoms with Gasteiger partial charge in [0.2, 0.25) is 0 Å². The van der Waals surface area contributed by atoms with Gasteiger partial charge in [0.1, 0.15) is 0 Å². The summed E-state index contributed by atoms with van der Waals surface area (Å²) in [6, 6.07) is 34.9. The van der Waals surface area contributed by atoms with Gasteiger partial charge in [0.15, 0.2) is 0 Å². The summed E-state index contributed by atoms with van der Waals surface area (Å²) in [5.41, 5.74) is 2.55. The molecule has 4 aromatic rings. The third-order valence-electron chi connectivity index (χ3n) is 6.78. The summed E-state index contributed by atoms with van der Waals surface area (Å²) in [5.74, 6) is 3.42. The molecule has 0 saturated carbocycles. The Bertz CT molecular complexity index is 1520. The maximum atomic E-state index is 6.03. The van der Waals surface area contributed by atoms with Crippen LogP contribution < -0.4 is 29.6 Å². The third kappa shape index (κ3) is 9.69. The monoisotopic (exact) mass is 1000 g/mol. The number of ether oxygens (including phenoxy) is 4. The summed E-state index contributed by atoms with van der Waals surface area (Å²) in [7, 11) is 6.95. The maximum Gasteiger partial charge on any atom is 0.0967 e. The van der Waals surface area contributed by atoms with Gasteiger partial charge in [-0.3, -0.25) is 0 Å². The number of halogens is 4. The first-order valence-electron chi connectivity index (χ1n) is 13.6. The van der Waals surface area contributed by atoms with Crippen LogP contribution in [-0.4, -0.2) is 98.3 Å². The van der Waals surface area contributed by atoms with Crippen molar-refractivity contribution in [1.82, 2.24) is 0 Å². The zero-order valence-electron chi connectivity index (χ0n) is 25.5. The standard InChI is InChI=1S/C30H30O4P2Se4.2CH2Cl2/c1-31-21-15-17-25(27(19-21)33-3)29-35(37,23-11-7-5-8-12-23)40-30(26-18-16-22(32-2)20-28(26)34-4)36(38,39-29)24-13-9-6-10-14-24;2*2-1-3/h5-20,29-30H,1-4H3;2*1H2/t29-,30+,35-,36+;;. The number of benzene rings is 4. The fourth-order valence-corrected chi connectivity index (χ4v) is 64.0. The molecule has 5 rings (SSSR count). The molecule has 1 heterocycles. The topological polar surface area (TPSA) is 36.9 Å². The van der Waals surface area contributed by atoms with Gasteiger partial charge >= 0.3 is 266 Å². The van der Waals surface area contributed by atoms with Gasteiger partial charge in [0, 0.05) is 0 Å². The first-order chi connectivity index (χ1) is 22.2. The first kappa shape index (κ1) is 40.6. The SMILES string of the molecule is COc1ccc([C@H]2[Se][P@@](=[Se])(c3ccccc3)[C@H](c3ccc(OC)cc3OC)[Se][P@]2(=[Se])c2ccccc2)c(OC)c1.ClCCl.ClCCl. The van der Waals surface area contributed by atoms with Crippen molar-refractivity contribution < 1.29 is 18.9 Å². The Kier molecular flexibility index (Phi) is 17.8. The van der Waals surface area contributed by atoms with Gasteiger partial charge in [-0.2, -0.15) is 0 Å². The van der Waals surface area contributed by atoms with Crippen LogP contribution in [0.15, 0.2) is 97.1 Å². The summed E-state index contributed by atoms with van der Waals surface area (Å²) < 4.78 is 20.3. The molecule has 0 aromatic heterocycles. The van der Waals surface area contributed by atoms with E-state index in [-0.39, 0.29) is 39.7 Å². The Morgan fingerprint density at radius 3 is 1.15 bits per heavy atom. The van der Waals surface area contributed by atoms with Gasteiger partial charge in [-0.15, -0.1) is 46.4 Å². The second kappa shape index (κ2) is 20.1. The zero-order chi connectivity index (χ0) is 33.7. The Hall–Kier alpha value is 0.178. The van der Waals surface area contributed by atoms with E-state index in [9.17, 15) is 0 Å². The van der Waals surface area contributed by atoms with Crippen LogP contribution in [0.25, 0.3) is 0 Å². The van der Waals surface area contributed by atoms with E-state index in [0.29, 0.717) is 9.11 Å². The van der Waals surface area contributed by atoms with Gasteiger partial charge in [-0.25, -0.2) is 0 Å². The fourth-order valence-electron chi connectivity index (χ4n) is 4.72. The molecule has 0 radical (unpaired) electrons. The Morgan fingerprint density at radius 1 is 0.543 bits per heavy atom. The van der Waals surface area contributed by atoms with Crippen molar-refractivity contribution >= 4 is 125 Å². The Labute approximate surface area is 319 Å². The summed E-state index contributed by atoms with van der Waals surface area (Å²) in [6.07, 6.45) is 0. The summed E-state index contributed by atoms with van der Waals surface area (Å²) in [4.78, 5) is 0. The quantitative estimate of drug-likeness (QED) is 0.101. The van der Waals surface area contributed by atoms with Crippen LogP contribution in [0.4, 0.5) is 0 Å². The smallest absolute Gasteiger partial charge is 0.0967 e. The zero-order valence-corrected chi connectivity index (χ0v) is 37.1. The van der Waals surface area contributed by atoms with Crippen LogP contribution in [0, 0.1) is 0 Å². The molecule has 0 aliphatic carbocycles. The van der Waals surface area contributed by atoms with E-state index >= 15 is 0 Å². The number of hydrogen-bond donors (Lipinski definition) is 0. The van der Waals surface area contributed by atoms with Crippen molar-refractivity contribution in [3.63, 3.8) is 0 Å². The largest absolute Gasteiger partial charge is 0.109 e. The minimum absolute atomic E-state index is 0.194. The van der Waals surface area contributed by atoms with Gasteiger partial charge in [-0.05, 0) is 0 Å². The van der Waals surface area contributed by atoms with Gasteiger partial charge in [-0.1, -0.05) is 0 Å². The van der Waals surface area contributed by atoms with Crippen LogP contribution in [0.2, 0.25) is 0 Å². The van der Waals surface area contributed by atoms with E-state index in [2.05, 4.69) is 115 Å². The molecule has 0 amide bonds. The Morgan fingerprint density at radius 2 is 0.870 bits per heavy atom. The predicted octanol–water partition coefficient (Wildman–Crippen LogP) is 8.37. The molecule has 1 fully saturated rings. The number of alkyl halides is 4. The summed E-state index contributed by atoms with van der Waals surface area (Å²) >= 11 is 27.2. The molecule has 14 heteroatoms. The number of hydrogen-bond acceptors (Lipinski definition) is 4. The second-order valence-electron chi connectivity index (χ2n) is 9.20. The molecule has 46 heavy (non-hydrogen) atoms. The summed E-state index contributed by atoms with van der Waals surface area (Å²) in [6.45, 7) is 0. The molecular formula is C32H34Cl4O4P2Se4. The van der Waals surface area contributed by atoms with Crippen molar-refractivity contribution in [3.05, 3.63) is 108 Å². The molecule has 0 bridgehead atoms. The molecule has 248 valence electrons. The average molecular weight is 1000 g/mol. The maximum absolute atomic E-state index is 6.03. The van der Waals surface area contributed by atoms with E-state index in [0.717, 1.165) is 23.0 Å². The van der Waals surface area contributed by atoms with Crippen LogP contribution in [0.5, 0.6) is 23.0 Å². The molecule has 4 aromatic carbocycles. The van der Waals surface area contributed by atoms with Crippen LogP contribution in [-0.2, 0) is 0 Å². The first-order valence-corrected chi connectivity index (χ1v) is 30.3. The van der Waals surface area contributed by atoms with Crippen LogP contribution in [0.1, 0.15) is 20.2 Å². The van der Waals surface area contributed by atoms with E-state index in [4.69, 9.17) is 65.4 Å². The van der Waals surface area contributed by atoms with Crippen molar-refractivity contribution in [2.75, 3.05) is 39.1 Å². The number of rotatable bonds is 8. The molecule has 0 unspecified atom stereocenters. The van der Waals surface area contributed by atoms with E-state index in [1.807, 2.05) is 12.1 Å². The minimum Gasteiger partial charge on any atom is -0.109 e. The van der Waals surface area contributed by atoms with Gasteiger partial charge in [0.25, 0.3) is 0 Å². The molecular weight excluding hydrogens is 968 g/mol. The molecule has 0 N–H and O–H groups in total. The average Bonchev–Trinajstić information content (AvgIpc) is 3.10. The molecule has 4 atom stereocenters. The van der Waals surface area contributed by atoms with E-state index in [1.165, 1.54) is 21.7 Å². The predicted molar refractivity (Wildman–Crippen MR) is 207 cm³/mol. The van der Waals surface area contributed by atoms with E-state index < -0.39 is 8.40 Å². The van der Waals surface area contributed by atoms with Crippen molar-refractivity contribution in [2.45, 2.75) is 9.11 Å². The van der Waals surface area contributed by atoms with Gasteiger partial charge < -0.3 is 0 Å². The Balaban J connectivity index is 0.000000891. The number of methoxy groups -OCH3 is 4.